The molecule has 1 N–H and O–H groups in total. The van der Waals surface area contributed by atoms with E-state index in [0.29, 0.717) is 11.3 Å². The van der Waals surface area contributed by atoms with Crippen LogP contribution in [0.2, 0.25) is 0 Å². The molecule has 5 nitrogen and oxygen atoms in total. The third kappa shape index (κ3) is 3.50. The molecule has 0 fully saturated rings. The molecule has 0 aliphatic carbocycles. The lowest BCUT2D eigenvalue weighted by molar-refractivity contribution is 0.0752. The summed E-state index contributed by atoms with van der Waals surface area (Å²) < 4.78 is 10.7. The summed E-state index contributed by atoms with van der Waals surface area (Å²) in [4.78, 5) is 18.6. The van der Waals surface area contributed by atoms with Gasteiger partial charge in [0.1, 0.15) is 11.5 Å². The summed E-state index contributed by atoms with van der Waals surface area (Å²) in [6.45, 7) is 0. The van der Waals surface area contributed by atoms with Crippen LogP contribution in [0.1, 0.15) is 27.5 Å². The molecule has 0 radical (unpaired) electrons. The molecule has 1 amide bonds. The van der Waals surface area contributed by atoms with E-state index in [4.69, 9.17) is 9.47 Å². The molecular weight excluding hydrogens is 376 g/mol. The highest BCUT2D eigenvalue weighted by molar-refractivity contribution is 5.97. The zero-order chi connectivity index (χ0) is 21.1. The molecule has 30 heavy (non-hydrogen) atoms. The summed E-state index contributed by atoms with van der Waals surface area (Å²) in [7, 11) is 5.04. The van der Waals surface area contributed by atoms with E-state index < -0.39 is 0 Å². The van der Waals surface area contributed by atoms with E-state index in [0.717, 1.165) is 27.8 Å². The monoisotopic (exact) mass is 400 g/mol. The van der Waals surface area contributed by atoms with Gasteiger partial charge in [0.15, 0.2) is 0 Å². The maximum atomic E-state index is 13.5. The lowest BCUT2D eigenvalue weighted by Gasteiger charge is -2.29. The first kappa shape index (κ1) is 19.6. The number of carbonyl (C=O) groups is 1. The number of para-hydroxylation sites is 2. The maximum absolute atomic E-state index is 13.5. The van der Waals surface area contributed by atoms with E-state index in [1.54, 1.807) is 31.3 Å². The van der Waals surface area contributed by atoms with E-state index >= 15 is 0 Å². The maximum Gasteiger partial charge on any atom is 0.258 e. The van der Waals surface area contributed by atoms with Crippen LogP contribution < -0.4 is 9.47 Å². The minimum Gasteiger partial charge on any atom is -0.497 e. The van der Waals surface area contributed by atoms with Gasteiger partial charge in [-0.15, -0.1) is 0 Å². The van der Waals surface area contributed by atoms with Gasteiger partial charge >= 0.3 is 0 Å². The van der Waals surface area contributed by atoms with Crippen molar-refractivity contribution in [1.82, 2.24) is 9.88 Å². The largest absolute Gasteiger partial charge is 0.497 e. The van der Waals surface area contributed by atoms with Crippen molar-refractivity contribution in [3.63, 3.8) is 0 Å². The van der Waals surface area contributed by atoms with Crippen LogP contribution in [-0.2, 0) is 0 Å². The molecule has 1 aromatic heterocycles. The smallest absolute Gasteiger partial charge is 0.258 e. The number of nitrogens with one attached hydrogen (secondary N) is 1. The second-order valence-corrected chi connectivity index (χ2v) is 7.08. The number of methoxy groups -OCH3 is 2. The Labute approximate surface area is 175 Å². The van der Waals surface area contributed by atoms with Crippen LogP contribution in [0.15, 0.2) is 79.0 Å². The molecule has 4 aromatic rings. The number of ether oxygens (including phenoxy) is 2. The number of aromatic nitrogens is 1. The average molecular weight is 400 g/mol. The average Bonchev–Trinajstić information content (AvgIpc) is 3.23. The first-order valence-corrected chi connectivity index (χ1v) is 9.74. The lowest BCUT2D eigenvalue weighted by atomic mass is 9.96. The Morgan fingerprint density at radius 3 is 2.33 bits per heavy atom. The summed E-state index contributed by atoms with van der Waals surface area (Å²) in [6, 6.07) is 22.9. The summed E-state index contributed by atoms with van der Waals surface area (Å²) in [6.07, 6.45) is 1.98. The second kappa shape index (κ2) is 8.33. The number of hydrogen-bond acceptors (Lipinski definition) is 3. The summed E-state index contributed by atoms with van der Waals surface area (Å²) in [5.74, 6) is 1.22. The van der Waals surface area contributed by atoms with E-state index in [2.05, 4.69) is 11.1 Å². The van der Waals surface area contributed by atoms with Crippen molar-refractivity contribution in [2.45, 2.75) is 6.04 Å². The number of amides is 1. The van der Waals surface area contributed by atoms with Gasteiger partial charge in [-0.1, -0.05) is 42.5 Å². The minimum atomic E-state index is -0.288. The van der Waals surface area contributed by atoms with E-state index in [-0.39, 0.29) is 11.9 Å². The van der Waals surface area contributed by atoms with Crippen LogP contribution in [0.25, 0.3) is 10.9 Å². The van der Waals surface area contributed by atoms with Crippen LogP contribution in [0, 0.1) is 0 Å². The first-order valence-electron chi connectivity index (χ1n) is 9.74. The number of hydrogen-bond donors (Lipinski definition) is 1. The molecule has 0 spiro atoms. The summed E-state index contributed by atoms with van der Waals surface area (Å²) in [5, 5.41) is 1.08. The van der Waals surface area contributed by atoms with Gasteiger partial charge in [0.2, 0.25) is 0 Å². The number of rotatable bonds is 6. The van der Waals surface area contributed by atoms with Crippen molar-refractivity contribution in [3.05, 3.63) is 95.7 Å². The summed E-state index contributed by atoms with van der Waals surface area (Å²) in [5.41, 5.74) is 3.58. The molecule has 0 unspecified atom stereocenters. The van der Waals surface area contributed by atoms with Gasteiger partial charge in [0, 0.05) is 29.7 Å². The van der Waals surface area contributed by atoms with Crippen LogP contribution >= 0.6 is 0 Å². The Balaban J connectivity index is 1.83. The van der Waals surface area contributed by atoms with Crippen LogP contribution in [-0.4, -0.2) is 37.1 Å². The van der Waals surface area contributed by atoms with Gasteiger partial charge in [-0.05, 0) is 35.9 Å². The Morgan fingerprint density at radius 2 is 1.60 bits per heavy atom. The van der Waals surface area contributed by atoms with Gasteiger partial charge in [-0.25, -0.2) is 0 Å². The van der Waals surface area contributed by atoms with E-state index in [9.17, 15) is 4.79 Å². The molecule has 4 rings (SSSR count). The topological polar surface area (TPSA) is 54.6 Å². The fourth-order valence-corrected chi connectivity index (χ4v) is 3.85. The number of carbonyl (C=O) groups excluding carboxylic acids is 1. The highest BCUT2D eigenvalue weighted by atomic mass is 16.5. The van der Waals surface area contributed by atoms with Gasteiger partial charge in [-0.3, -0.25) is 4.79 Å². The number of benzene rings is 3. The molecule has 0 saturated carbocycles. The van der Waals surface area contributed by atoms with Crippen LogP contribution in [0.4, 0.5) is 0 Å². The van der Waals surface area contributed by atoms with Crippen LogP contribution in [0.3, 0.4) is 0 Å². The molecule has 0 saturated heterocycles. The zero-order valence-electron chi connectivity index (χ0n) is 17.3. The Bertz CT molecular complexity index is 1160. The van der Waals surface area contributed by atoms with Gasteiger partial charge < -0.3 is 19.4 Å². The molecule has 0 aliphatic rings. The molecule has 3 aromatic carbocycles. The van der Waals surface area contributed by atoms with Gasteiger partial charge in [-0.2, -0.15) is 0 Å². The summed E-state index contributed by atoms with van der Waals surface area (Å²) >= 11 is 0. The molecule has 5 heteroatoms. The van der Waals surface area contributed by atoms with Crippen molar-refractivity contribution >= 4 is 16.8 Å². The SMILES string of the molecule is COc1ccc([C@H](c2c[nH]c3ccccc23)N(C)C(=O)c2ccccc2OC)cc1. The molecule has 1 heterocycles. The second-order valence-electron chi connectivity index (χ2n) is 7.08. The molecule has 0 bridgehead atoms. The lowest BCUT2D eigenvalue weighted by Crippen LogP contribution is -2.32. The molecule has 152 valence electrons. The minimum absolute atomic E-state index is 0.112. The van der Waals surface area contributed by atoms with E-state index in [1.807, 2.05) is 67.8 Å². The van der Waals surface area contributed by atoms with Crippen molar-refractivity contribution in [3.8, 4) is 11.5 Å². The number of nitrogens with zero attached hydrogens (tertiary/aromatic N) is 1. The van der Waals surface area contributed by atoms with Gasteiger partial charge in [0.05, 0.1) is 25.8 Å². The molecule has 0 aliphatic heterocycles. The van der Waals surface area contributed by atoms with Crippen molar-refractivity contribution in [2.75, 3.05) is 21.3 Å². The van der Waals surface area contributed by atoms with E-state index in [1.165, 1.54) is 0 Å². The number of fused-ring (bicyclic) bond motifs is 1. The quantitative estimate of drug-likeness (QED) is 0.493. The third-order valence-corrected chi connectivity index (χ3v) is 5.39. The highest BCUT2D eigenvalue weighted by Crippen LogP contribution is 2.35. The first-order chi connectivity index (χ1) is 14.6. The highest BCUT2D eigenvalue weighted by Gasteiger charge is 2.28. The Kier molecular flexibility index (Phi) is 5.44. The zero-order valence-corrected chi connectivity index (χ0v) is 17.3. The molecule has 1 atom stereocenters. The number of aromatic amines is 1. The Morgan fingerprint density at radius 1 is 0.900 bits per heavy atom. The number of H-pyrrole nitrogens is 1. The fourth-order valence-electron chi connectivity index (χ4n) is 3.85. The predicted octanol–water partition coefficient (Wildman–Crippen LogP) is 5.05. The Hall–Kier alpha value is -3.73. The van der Waals surface area contributed by atoms with Crippen molar-refractivity contribution < 1.29 is 14.3 Å². The fraction of sp³-hybridized carbons (Fsp3) is 0.160. The molecular formula is C25H24N2O3. The van der Waals surface area contributed by atoms with Gasteiger partial charge in [0.25, 0.3) is 5.91 Å². The third-order valence-electron chi connectivity index (χ3n) is 5.39. The normalized spacial score (nSPS) is 11.8. The predicted molar refractivity (Wildman–Crippen MR) is 118 cm³/mol. The standard InChI is InChI=1S/C25H24N2O3/c1-27(25(28)20-9-5-7-11-23(20)30-3)24(17-12-14-18(29-2)15-13-17)21-16-26-22-10-6-4-8-19(21)22/h4-16,24,26H,1-3H3/t24-/m1/s1. The van der Waals surface area contributed by atoms with Crippen molar-refractivity contribution in [1.29, 1.82) is 0 Å². The van der Waals surface area contributed by atoms with Crippen LogP contribution in [0.5, 0.6) is 11.5 Å². The van der Waals surface area contributed by atoms with Crippen molar-refractivity contribution in [2.24, 2.45) is 0 Å².